The number of nitrogens with zero attached hydrogens (tertiary/aromatic N) is 3. The number of pyridine rings is 1. The third-order valence-corrected chi connectivity index (χ3v) is 3.87. The number of fused-ring (bicyclic) bond motifs is 1. The number of amides is 1. The smallest absolute Gasteiger partial charge is 0.407 e. The molecule has 2 heterocycles. The highest BCUT2D eigenvalue weighted by Gasteiger charge is 2.21. The molecule has 1 aliphatic rings. The van der Waals surface area contributed by atoms with Gasteiger partial charge in [-0.25, -0.2) is 9.78 Å². The molecule has 20 heavy (non-hydrogen) atoms. The molecule has 1 amide bonds. The zero-order valence-electron chi connectivity index (χ0n) is 10.8. The summed E-state index contributed by atoms with van der Waals surface area (Å²) in [6, 6.07) is 9.55. The van der Waals surface area contributed by atoms with Crippen molar-refractivity contribution >= 4 is 34.4 Å². The minimum absolute atomic E-state index is 0.505. The summed E-state index contributed by atoms with van der Waals surface area (Å²) < 4.78 is 0. The van der Waals surface area contributed by atoms with E-state index in [9.17, 15) is 4.79 Å². The Hall–Kier alpha value is -2.01. The Labute approximate surface area is 121 Å². The summed E-state index contributed by atoms with van der Waals surface area (Å²) in [6.45, 7) is 2.33. The van der Waals surface area contributed by atoms with Crippen LogP contribution < -0.4 is 4.90 Å². The van der Waals surface area contributed by atoms with Crippen LogP contribution in [-0.4, -0.2) is 47.3 Å². The van der Waals surface area contributed by atoms with E-state index in [2.05, 4.69) is 9.88 Å². The van der Waals surface area contributed by atoms with Crippen LogP contribution in [0, 0.1) is 0 Å². The molecule has 1 saturated heterocycles. The van der Waals surface area contributed by atoms with E-state index in [-0.39, 0.29) is 0 Å². The average molecular weight is 292 g/mol. The largest absolute Gasteiger partial charge is 0.465 e. The van der Waals surface area contributed by atoms with Crippen molar-refractivity contribution in [2.45, 2.75) is 0 Å². The molecule has 5 nitrogen and oxygen atoms in total. The molecule has 2 aromatic rings. The number of carbonyl (C=O) groups is 1. The van der Waals surface area contributed by atoms with E-state index in [0.717, 1.165) is 16.7 Å². The van der Waals surface area contributed by atoms with Crippen molar-refractivity contribution < 1.29 is 9.90 Å². The molecule has 1 aliphatic heterocycles. The average Bonchev–Trinajstić information content (AvgIpc) is 2.47. The molecule has 1 aromatic heterocycles. The standard InChI is InChI=1S/C14H14ClN3O2/c15-11-2-1-3-12-10(11)4-5-13(16-12)17-6-8-18(9-7-17)14(19)20/h1-5H,6-9H2,(H,19,20). The fourth-order valence-corrected chi connectivity index (χ4v) is 2.64. The SMILES string of the molecule is O=C(O)N1CCN(c2ccc3c(Cl)cccc3n2)CC1. The molecule has 6 heteroatoms. The molecule has 0 bridgehead atoms. The Morgan fingerprint density at radius 1 is 1.15 bits per heavy atom. The minimum Gasteiger partial charge on any atom is -0.465 e. The van der Waals surface area contributed by atoms with Crippen LogP contribution in [0.3, 0.4) is 0 Å². The van der Waals surface area contributed by atoms with Crippen LogP contribution >= 0.6 is 11.6 Å². The Morgan fingerprint density at radius 2 is 1.90 bits per heavy atom. The number of aromatic nitrogens is 1. The maximum absolute atomic E-state index is 10.9. The van der Waals surface area contributed by atoms with Gasteiger partial charge in [0.25, 0.3) is 0 Å². The van der Waals surface area contributed by atoms with E-state index in [4.69, 9.17) is 16.7 Å². The molecule has 0 spiro atoms. The lowest BCUT2D eigenvalue weighted by atomic mass is 10.2. The number of anilines is 1. The lowest BCUT2D eigenvalue weighted by molar-refractivity contribution is 0.142. The fraction of sp³-hybridized carbons (Fsp3) is 0.286. The second-order valence-electron chi connectivity index (χ2n) is 4.73. The van der Waals surface area contributed by atoms with E-state index in [1.807, 2.05) is 30.3 Å². The van der Waals surface area contributed by atoms with Gasteiger partial charge < -0.3 is 14.9 Å². The summed E-state index contributed by atoms with van der Waals surface area (Å²) in [7, 11) is 0. The first-order valence-electron chi connectivity index (χ1n) is 6.43. The third kappa shape index (κ3) is 2.36. The molecule has 0 atom stereocenters. The highest BCUT2D eigenvalue weighted by Crippen LogP contribution is 2.25. The maximum Gasteiger partial charge on any atom is 0.407 e. The van der Waals surface area contributed by atoms with Crippen LogP contribution in [0.5, 0.6) is 0 Å². The highest BCUT2D eigenvalue weighted by molar-refractivity contribution is 6.35. The lowest BCUT2D eigenvalue weighted by Crippen LogP contribution is -2.48. The Kier molecular flexibility index (Phi) is 3.36. The van der Waals surface area contributed by atoms with Crippen LogP contribution in [-0.2, 0) is 0 Å². The van der Waals surface area contributed by atoms with Crippen LogP contribution in [0.1, 0.15) is 0 Å². The molecular weight excluding hydrogens is 278 g/mol. The van der Waals surface area contributed by atoms with Crippen LogP contribution in [0.2, 0.25) is 5.02 Å². The van der Waals surface area contributed by atoms with E-state index < -0.39 is 6.09 Å². The molecule has 0 aliphatic carbocycles. The lowest BCUT2D eigenvalue weighted by Gasteiger charge is -2.33. The van der Waals surface area contributed by atoms with E-state index in [1.54, 1.807) is 0 Å². The van der Waals surface area contributed by atoms with Gasteiger partial charge in [0.2, 0.25) is 0 Å². The summed E-state index contributed by atoms with van der Waals surface area (Å²) in [4.78, 5) is 19.0. The minimum atomic E-state index is -0.858. The van der Waals surface area contributed by atoms with Gasteiger partial charge in [0, 0.05) is 36.6 Å². The van der Waals surface area contributed by atoms with Crippen molar-refractivity contribution in [3.63, 3.8) is 0 Å². The monoisotopic (exact) mass is 291 g/mol. The van der Waals surface area contributed by atoms with Crippen molar-refractivity contribution in [2.75, 3.05) is 31.1 Å². The van der Waals surface area contributed by atoms with E-state index in [0.29, 0.717) is 31.2 Å². The summed E-state index contributed by atoms with van der Waals surface area (Å²) >= 11 is 6.12. The van der Waals surface area contributed by atoms with Gasteiger partial charge in [-0.15, -0.1) is 0 Å². The van der Waals surface area contributed by atoms with Crippen molar-refractivity contribution in [1.29, 1.82) is 0 Å². The molecule has 1 fully saturated rings. The van der Waals surface area contributed by atoms with Crippen LogP contribution in [0.25, 0.3) is 10.9 Å². The number of piperazine rings is 1. The van der Waals surface area contributed by atoms with Gasteiger partial charge in [0.1, 0.15) is 5.82 Å². The Morgan fingerprint density at radius 3 is 2.60 bits per heavy atom. The summed E-state index contributed by atoms with van der Waals surface area (Å²) in [5.41, 5.74) is 0.857. The maximum atomic E-state index is 10.9. The summed E-state index contributed by atoms with van der Waals surface area (Å²) in [5, 5.41) is 10.6. The first-order chi connectivity index (χ1) is 9.65. The van der Waals surface area contributed by atoms with Crippen molar-refractivity contribution in [3.05, 3.63) is 35.4 Å². The molecule has 0 unspecified atom stereocenters. The predicted molar refractivity (Wildman–Crippen MR) is 78.6 cm³/mol. The quantitative estimate of drug-likeness (QED) is 0.878. The van der Waals surface area contributed by atoms with Crippen molar-refractivity contribution in [3.8, 4) is 0 Å². The Balaban J connectivity index is 1.83. The number of rotatable bonds is 1. The second kappa shape index (κ2) is 5.17. The molecule has 0 saturated carbocycles. The van der Waals surface area contributed by atoms with Gasteiger partial charge in [-0.2, -0.15) is 0 Å². The predicted octanol–water partition coefficient (Wildman–Crippen LogP) is 2.69. The molecule has 1 aromatic carbocycles. The number of carboxylic acid groups (broad SMARTS) is 1. The topological polar surface area (TPSA) is 56.7 Å². The van der Waals surface area contributed by atoms with Crippen molar-refractivity contribution in [1.82, 2.24) is 9.88 Å². The Bertz CT molecular complexity index is 654. The van der Waals surface area contributed by atoms with Gasteiger partial charge in [-0.3, -0.25) is 0 Å². The second-order valence-corrected chi connectivity index (χ2v) is 5.14. The van der Waals surface area contributed by atoms with Crippen molar-refractivity contribution in [2.24, 2.45) is 0 Å². The zero-order chi connectivity index (χ0) is 14.1. The van der Waals surface area contributed by atoms with Gasteiger partial charge in [0.05, 0.1) is 5.52 Å². The third-order valence-electron chi connectivity index (χ3n) is 3.54. The van der Waals surface area contributed by atoms with E-state index in [1.165, 1.54) is 4.90 Å². The van der Waals surface area contributed by atoms with Gasteiger partial charge in [0.15, 0.2) is 0 Å². The van der Waals surface area contributed by atoms with E-state index >= 15 is 0 Å². The first kappa shape index (κ1) is 13.0. The summed E-state index contributed by atoms with van der Waals surface area (Å²) in [6.07, 6.45) is -0.858. The molecule has 3 rings (SSSR count). The summed E-state index contributed by atoms with van der Waals surface area (Å²) in [5.74, 6) is 0.866. The van der Waals surface area contributed by atoms with Gasteiger partial charge in [-0.1, -0.05) is 17.7 Å². The number of benzene rings is 1. The number of hydrogen-bond acceptors (Lipinski definition) is 3. The molecule has 104 valence electrons. The zero-order valence-corrected chi connectivity index (χ0v) is 11.5. The first-order valence-corrected chi connectivity index (χ1v) is 6.81. The molecule has 0 radical (unpaired) electrons. The molecular formula is C14H14ClN3O2. The van der Waals surface area contributed by atoms with Gasteiger partial charge in [-0.05, 0) is 24.3 Å². The highest BCUT2D eigenvalue weighted by atomic mass is 35.5. The number of halogens is 1. The van der Waals surface area contributed by atoms with Gasteiger partial charge >= 0.3 is 6.09 Å². The number of hydrogen-bond donors (Lipinski definition) is 1. The fourth-order valence-electron chi connectivity index (χ4n) is 2.41. The molecule has 1 N–H and O–H groups in total. The normalized spacial score (nSPS) is 15.7. The van der Waals surface area contributed by atoms with Crippen LogP contribution in [0.15, 0.2) is 30.3 Å². The van der Waals surface area contributed by atoms with Crippen LogP contribution in [0.4, 0.5) is 10.6 Å².